The second kappa shape index (κ2) is 28.5. The van der Waals surface area contributed by atoms with Crippen LogP contribution in [0.3, 0.4) is 0 Å². The van der Waals surface area contributed by atoms with Crippen LogP contribution in [0.25, 0.3) is 0 Å². The Morgan fingerprint density at radius 1 is 0.643 bits per heavy atom. The van der Waals surface area contributed by atoms with Crippen molar-refractivity contribution in [3.05, 3.63) is 24.3 Å². The van der Waals surface area contributed by atoms with E-state index in [1.54, 1.807) is 0 Å². The Hall–Kier alpha value is -1.22. The van der Waals surface area contributed by atoms with Crippen molar-refractivity contribution in [1.29, 1.82) is 0 Å². The summed E-state index contributed by atoms with van der Waals surface area (Å²) in [4.78, 5) is 12.5. The first-order chi connectivity index (χ1) is 20.2. The van der Waals surface area contributed by atoms with Crippen LogP contribution in [0.1, 0.15) is 162 Å². The van der Waals surface area contributed by atoms with Gasteiger partial charge in [-0.2, -0.15) is 8.42 Å². The van der Waals surface area contributed by atoms with Crippen LogP contribution < -0.4 is 5.32 Å². The number of hydrogen-bond donors (Lipinski definition) is 4. The molecule has 8 heteroatoms. The van der Waals surface area contributed by atoms with E-state index in [0.717, 1.165) is 64.2 Å². The Kier molecular flexibility index (Phi) is 27.7. The van der Waals surface area contributed by atoms with Gasteiger partial charge in [0.25, 0.3) is 10.1 Å². The number of aliphatic hydroxyl groups excluding tert-OH is 2. The lowest BCUT2D eigenvalue weighted by Gasteiger charge is -2.24. The normalized spacial score (nSPS) is 14.5. The van der Waals surface area contributed by atoms with Gasteiger partial charge in [-0.1, -0.05) is 141 Å². The summed E-state index contributed by atoms with van der Waals surface area (Å²) in [5, 5.41) is 23.3. The molecule has 1 amide bonds. The van der Waals surface area contributed by atoms with Gasteiger partial charge < -0.3 is 15.5 Å². The van der Waals surface area contributed by atoms with E-state index in [2.05, 4.69) is 43.5 Å². The average Bonchev–Trinajstić information content (AvgIpc) is 2.94. The first-order valence-corrected chi connectivity index (χ1v) is 18.7. The fourth-order valence-electron chi connectivity index (χ4n) is 5.08. The van der Waals surface area contributed by atoms with Crippen LogP contribution in [0.2, 0.25) is 0 Å². The summed E-state index contributed by atoms with van der Waals surface area (Å²) in [5.41, 5.74) is 0. The number of carbonyl (C=O) groups is 1. The van der Waals surface area contributed by atoms with Gasteiger partial charge in [-0.05, 0) is 44.9 Å². The highest BCUT2D eigenvalue weighted by Gasteiger charge is 2.28. The molecule has 0 fully saturated rings. The van der Waals surface area contributed by atoms with E-state index in [9.17, 15) is 28.0 Å². The summed E-state index contributed by atoms with van der Waals surface area (Å²) in [6.07, 6.45) is 30.6. The van der Waals surface area contributed by atoms with Crippen LogP contribution in [0.4, 0.5) is 0 Å². The fourth-order valence-corrected chi connectivity index (χ4v) is 5.84. The molecule has 0 aliphatic carbocycles. The second-order valence-corrected chi connectivity index (χ2v) is 13.4. The van der Waals surface area contributed by atoms with Crippen molar-refractivity contribution >= 4 is 16.0 Å². The maximum atomic E-state index is 12.5. The van der Waals surface area contributed by atoms with E-state index in [1.807, 2.05) is 0 Å². The van der Waals surface area contributed by atoms with Crippen LogP contribution in [0, 0.1) is 0 Å². The molecule has 0 aromatic rings. The van der Waals surface area contributed by atoms with Crippen LogP contribution in [0.5, 0.6) is 0 Å². The third kappa shape index (κ3) is 27.6. The zero-order chi connectivity index (χ0) is 31.3. The van der Waals surface area contributed by atoms with Gasteiger partial charge in [0, 0.05) is 0 Å². The van der Waals surface area contributed by atoms with E-state index < -0.39 is 40.0 Å². The highest BCUT2D eigenvalue weighted by atomic mass is 32.2. The number of nitrogens with one attached hydrogen (secondary N) is 1. The van der Waals surface area contributed by atoms with Crippen molar-refractivity contribution in [2.45, 2.75) is 180 Å². The van der Waals surface area contributed by atoms with Crippen LogP contribution >= 0.6 is 0 Å². The van der Waals surface area contributed by atoms with E-state index in [0.29, 0.717) is 19.3 Å². The molecule has 248 valence electrons. The number of rotatable bonds is 30. The lowest BCUT2D eigenvalue weighted by Crippen LogP contribution is -2.50. The molecule has 7 nitrogen and oxygen atoms in total. The lowest BCUT2D eigenvalue weighted by molar-refractivity contribution is -0.131. The van der Waals surface area contributed by atoms with Gasteiger partial charge in [0.15, 0.2) is 0 Å². The number of hydrogen-bond acceptors (Lipinski definition) is 5. The minimum Gasteiger partial charge on any atom is -0.391 e. The molecular formula is C34H65NO6S. The molecule has 4 N–H and O–H groups in total. The molecule has 0 aromatic carbocycles. The minimum absolute atomic E-state index is 0.285. The van der Waals surface area contributed by atoms with Gasteiger partial charge >= 0.3 is 0 Å². The highest BCUT2D eigenvalue weighted by Crippen LogP contribution is 2.14. The first-order valence-electron chi connectivity index (χ1n) is 17.1. The Balaban J connectivity index is 4.09. The Bertz CT molecular complexity index is 783. The van der Waals surface area contributed by atoms with Crippen molar-refractivity contribution in [2.24, 2.45) is 0 Å². The summed E-state index contributed by atoms with van der Waals surface area (Å²) in [5.74, 6) is -1.47. The third-order valence-corrected chi connectivity index (χ3v) is 8.55. The van der Waals surface area contributed by atoms with Gasteiger partial charge in [0.2, 0.25) is 5.91 Å². The SMILES string of the molecule is CCCCC/C=C\C/C=C\CCCCCCCCC(O)C(=O)NC(CS(=O)(=O)O)C(O)CCCCCCCCCCC. The van der Waals surface area contributed by atoms with Crippen molar-refractivity contribution in [1.82, 2.24) is 5.32 Å². The van der Waals surface area contributed by atoms with E-state index >= 15 is 0 Å². The largest absolute Gasteiger partial charge is 0.391 e. The van der Waals surface area contributed by atoms with Gasteiger partial charge in [0.1, 0.15) is 6.10 Å². The van der Waals surface area contributed by atoms with E-state index in [4.69, 9.17) is 0 Å². The molecule has 0 aliphatic heterocycles. The molecule has 0 spiro atoms. The predicted octanol–water partition coefficient (Wildman–Crippen LogP) is 8.21. The summed E-state index contributed by atoms with van der Waals surface area (Å²) in [6.45, 7) is 4.42. The molecule has 42 heavy (non-hydrogen) atoms. The fraction of sp³-hybridized carbons (Fsp3) is 0.853. The average molecular weight is 616 g/mol. The summed E-state index contributed by atoms with van der Waals surface area (Å²) in [7, 11) is -4.40. The van der Waals surface area contributed by atoms with Crippen molar-refractivity contribution in [2.75, 3.05) is 5.75 Å². The number of carbonyl (C=O) groups excluding carboxylic acids is 1. The standard InChI is InChI=1S/C34H65NO6S/c1-3-5-7-9-11-13-14-15-16-17-18-19-21-23-25-27-29-33(37)34(38)35-31(30-42(39,40)41)32(36)28-26-24-22-20-12-10-8-6-4-2/h11,13,15-16,31-33,36-37H,3-10,12,14,17-30H2,1-2H3,(H,35,38)(H,39,40,41)/b13-11-,16-15-. The Morgan fingerprint density at radius 2 is 1.07 bits per heavy atom. The maximum Gasteiger partial charge on any atom is 0.266 e. The molecule has 0 saturated heterocycles. The van der Waals surface area contributed by atoms with Gasteiger partial charge in [-0.15, -0.1) is 0 Å². The van der Waals surface area contributed by atoms with Gasteiger partial charge in [-0.25, -0.2) is 0 Å². The molecule has 3 atom stereocenters. The summed E-state index contributed by atoms with van der Waals surface area (Å²) >= 11 is 0. The second-order valence-electron chi connectivity index (χ2n) is 11.9. The summed E-state index contributed by atoms with van der Waals surface area (Å²) < 4.78 is 32.3. The number of allylic oxidation sites excluding steroid dienone is 4. The minimum atomic E-state index is -4.40. The van der Waals surface area contributed by atoms with E-state index in [1.165, 1.54) is 57.8 Å². The van der Waals surface area contributed by atoms with Crippen molar-refractivity contribution in [3.63, 3.8) is 0 Å². The third-order valence-electron chi connectivity index (χ3n) is 7.77. The summed E-state index contributed by atoms with van der Waals surface area (Å²) in [6, 6.07) is -1.15. The van der Waals surface area contributed by atoms with Crippen LogP contribution in [0.15, 0.2) is 24.3 Å². The smallest absolute Gasteiger partial charge is 0.266 e. The molecule has 3 unspecified atom stereocenters. The Morgan fingerprint density at radius 3 is 1.60 bits per heavy atom. The number of amides is 1. The molecule has 0 rings (SSSR count). The number of unbranched alkanes of at least 4 members (excludes halogenated alkanes) is 17. The number of aliphatic hydroxyl groups is 2. The van der Waals surface area contributed by atoms with Crippen molar-refractivity contribution in [3.8, 4) is 0 Å². The first kappa shape index (κ1) is 40.8. The quantitative estimate of drug-likeness (QED) is 0.0367. The van der Waals surface area contributed by atoms with Gasteiger partial charge in [-0.3, -0.25) is 9.35 Å². The molecule has 0 heterocycles. The predicted molar refractivity (Wildman–Crippen MR) is 176 cm³/mol. The zero-order valence-electron chi connectivity index (χ0n) is 27.0. The molecule has 0 aromatic heterocycles. The topological polar surface area (TPSA) is 124 Å². The van der Waals surface area contributed by atoms with E-state index in [-0.39, 0.29) is 6.42 Å². The monoisotopic (exact) mass is 615 g/mol. The molecule has 0 radical (unpaired) electrons. The maximum absolute atomic E-state index is 12.5. The highest BCUT2D eigenvalue weighted by molar-refractivity contribution is 7.85. The van der Waals surface area contributed by atoms with Gasteiger partial charge in [0.05, 0.1) is 17.9 Å². The molecule has 0 bridgehead atoms. The lowest BCUT2D eigenvalue weighted by atomic mass is 10.0. The Labute approximate surface area is 258 Å². The zero-order valence-corrected chi connectivity index (χ0v) is 27.8. The molecule has 0 aliphatic rings. The van der Waals surface area contributed by atoms with Crippen LogP contribution in [-0.4, -0.2) is 53.1 Å². The molecule has 0 saturated carbocycles. The molecular weight excluding hydrogens is 550 g/mol. The van der Waals surface area contributed by atoms with Crippen LogP contribution in [-0.2, 0) is 14.9 Å². The van der Waals surface area contributed by atoms with Crippen molar-refractivity contribution < 1.29 is 28.0 Å².